The molecule has 1 aromatic heterocycles. The minimum Gasteiger partial charge on any atom is -0.409 e. The number of nitrogens with zero attached hydrogens (tertiary/aromatic N) is 3. The second-order valence-corrected chi connectivity index (χ2v) is 4.87. The Morgan fingerprint density at radius 3 is 2.67 bits per heavy atom. The zero-order chi connectivity index (χ0) is 15.1. The fourth-order valence-corrected chi connectivity index (χ4v) is 2.10. The van der Waals surface area contributed by atoms with E-state index in [1.807, 2.05) is 36.4 Å². The summed E-state index contributed by atoms with van der Waals surface area (Å²) in [5.74, 6) is 0.230. The average Bonchev–Trinajstić information content (AvgIpc) is 2.53. The number of pyridine rings is 1. The molecule has 0 radical (unpaired) electrons. The van der Waals surface area contributed by atoms with Gasteiger partial charge in [0.15, 0.2) is 0 Å². The van der Waals surface area contributed by atoms with Gasteiger partial charge < -0.3 is 15.8 Å². The topological polar surface area (TPSA) is 74.7 Å². The van der Waals surface area contributed by atoms with Crippen molar-refractivity contribution in [3.05, 3.63) is 59.9 Å². The molecule has 21 heavy (non-hydrogen) atoms. The predicted molar refractivity (Wildman–Crippen MR) is 84.5 cm³/mol. The highest BCUT2D eigenvalue weighted by Crippen LogP contribution is 2.17. The third kappa shape index (κ3) is 4.21. The molecule has 0 bridgehead atoms. The Labute approximate surface area is 124 Å². The lowest BCUT2D eigenvalue weighted by atomic mass is 10.2. The molecule has 0 fully saturated rings. The number of oxime groups is 1. The normalized spacial score (nSPS) is 11.4. The number of aromatic nitrogens is 1. The fraction of sp³-hybridized carbons (Fsp3) is 0.250. The van der Waals surface area contributed by atoms with E-state index in [1.54, 1.807) is 6.20 Å². The largest absolute Gasteiger partial charge is 0.409 e. The fourth-order valence-electron chi connectivity index (χ4n) is 2.10. The van der Waals surface area contributed by atoms with Crippen LogP contribution in [0.25, 0.3) is 0 Å². The second kappa shape index (κ2) is 7.28. The molecule has 5 nitrogen and oxygen atoms in total. The maximum absolute atomic E-state index is 8.68. The van der Waals surface area contributed by atoms with Gasteiger partial charge in [-0.05, 0) is 30.7 Å². The standard InChI is InChI=1S/C16H20N4O/c1-13-6-5-10-18-15(13)12-20(11-9-16(17)19-21)14-7-3-2-4-8-14/h2-8,10,21H,9,11-12H2,1H3,(H2,17,19). The third-order valence-electron chi connectivity index (χ3n) is 3.35. The summed E-state index contributed by atoms with van der Waals surface area (Å²) in [5.41, 5.74) is 8.85. The van der Waals surface area contributed by atoms with E-state index in [-0.39, 0.29) is 5.84 Å². The first kappa shape index (κ1) is 14.8. The van der Waals surface area contributed by atoms with Gasteiger partial charge in [-0.3, -0.25) is 4.98 Å². The number of rotatable bonds is 6. The summed E-state index contributed by atoms with van der Waals surface area (Å²) >= 11 is 0. The first-order chi connectivity index (χ1) is 10.2. The molecule has 5 heteroatoms. The number of hydrogen-bond acceptors (Lipinski definition) is 4. The monoisotopic (exact) mass is 284 g/mol. The molecule has 3 N–H and O–H groups in total. The van der Waals surface area contributed by atoms with Gasteiger partial charge in [-0.25, -0.2) is 0 Å². The first-order valence-corrected chi connectivity index (χ1v) is 6.87. The highest BCUT2D eigenvalue weighted by atomic mass is 16.4. The molecule has 0 unspecified atom stereocenters. The molecule has 0 aliphatic heterocycles. The highest BCUT2D eigenvalue weighted by molar-refractivity contribution is 5.80. The van der Waals surface area contributed by atoms with Gasteiger partial charge in [0.05, 0.1) is 12.2 Å². The van der Waals surface area contributed by atoms with Crippen LogP contribution in [0.4, 0.5) is 5.69 Å². The van der Waals surface area contributed by atoms with Crippen molar-refractivity contribution in [2.75, 3.05) is 11.4 Å². The predicted octanol–water partition coefficient (Wildman–Crippen LogP) is 2.53. The Kier molecular flexibility index (Phi) is 5.15. The Bertz CT molecular complexity index is 598. The Hall–Kier alpha value is -2.56. The van der Waals surface area contributed by atoms with Gasteiger partial charge >= 0.3 is 0 Å². The van der Waals surface area contributed by atoms with Gasteiger partial charge in [-0.15, -0.1) is 0 Å². The van der Waals surface area contributed by atoms with Gasteiger partial charge in [0.25, 0.3) is 0 Å². The van der Waals surface area contributed by atoms with Crippen molar-refractivity contribution in [1.82, 2.24) is 4.98 Å². The number of hydrogen-bond donors (Lipinski definition) is 2. The van der Waals surface area contributed by atoms with Crippen molar-refractivity contribution >= 4 is 11.5 Å². The summed E-state index contributed by atoms with van der Waals surface area (Å²) in [7, 11) is 0. The lowest BCUT2D eigenvalue weighted by Crippen LogP contribution is -2.28. The first-order valence-electron chi connectivity index (χ1n) is 6.87. The summed E-state index contributed by atoms with van der Waals surface area (Å²) in [5, 5.41) is 11.7. The molecule has 1 aromatic carbocycles. The Morgan fingerprint density at radius 2 is 2.00 bits per heavy atom. The van der Waals surface area contributed by atoms with Gasteiger partial charge in [0.2, 0.25) is 0 Å². The van der Waals surface area contributed by atoms with E-state index in [0.29, 0.717) is 19.5 Å². The van der Waals surface area contributed by atoms with E-state index in [1.165, 1.54) is 0 Å². The number of aryl methyl sites for hydroxylation is 1. The average molecular weight is 284 g/mol. The van der Waals surface area contributed by atoms with E-state index in [9.17, 15) is 0 Å². The van der Waals surface area contributed by atoms with Crippen LogP contribution in [0.1, 0.15) is 17.7 Å². The molecule has 2 aromatic rings. The minimum atomic E-state index is 0.230. The molecule has 2 rings (SSSR count). The molecular formula is C16H20N4O. The van der Waals surface area contributed by atoms with Gasteiger partial charge in [-0.1, -0.05) is 29.4 Å². The lowest BCUT2D eigenvalue weighted by molar-refractivity contribution is 0.317. The van der Waals surface area contributed by atoms with Crippen LogP contribution >= 0.6 is 0 Å². The van der Waals surface area contributed by atoms with Gasteiger partial charge in [0, 0.05) is 24.8 Å². The smallest absolute Gasteiger partial charge is 0.140 e. The summed E-state index contributed by atoms with van der Waals surface area (Å²) in [6.45, 7) is 3.40. The van der Waals surface area contributed by atoms with Crippen LogP contribution in [-0.4, -0.2) is 22.6 Å². The molecule has 0 aliphatic carbocycles. The molecule has 0 saturated heterocycles. The van der Waals surface area contributed by atoms with E-state index in [2.05, 4.69) is 28.0 Å². The SMILES string of the molecule is Cc1cccnc1CN(CC/C(N)=N/O)c1ccccc1. The van der Waals surface area contributed by atoms with Crippen LogP contribution in [0, 0.1) is 6.92 Å². The molecule has 0 spiro atoms. The lowest BCUT2D eigenvalue weighted by Gasteiger charge is -2.25. The van der Waals surface area contributed by atoms with Crippen molar-refractivity contribution < 1.29 is 5.21 Å². The van der Waals surface area contributed by atoms with Crippen molar-refractivity contribution in [3.63, 3.8) is 0 Å². The van der Waals surface area contributed by atoms with Crippen LogP contribution in [-0.2, 0) is 6.54 Å². The van der Waals surface area contributed by atoms with Gasteiger partial charge in [0.1, 0.15) is 5.84 Å². The molecular weight excluding hydrogens is 264 g/mol. The maximum Gasteiger partial charge on any atom is 0.140 e. The summed E-state index contributed by atoms with van der Waals surface area (Å²) in [6.07, 6.45) is 2.30. The summed E-state index contributed by atoms with van der Waals surface area (Å²) in [4.78, 5) is 6.61. The molecule has 0 atom stereocenters. The van der Waals surface area contributed by atoms with Crippen LogP contribution in [0.5, 0.6) is 0 Å². The molecule has 110 valence electrons. The molecule has 0 saturated carbocycles. The zero-order valence-corrected chi connectivity index (χ0v) is 12.1. The molecule has 0 aliphatic rings. The van der Waals surface area contributed by atoms with E-state index >= 15 is 0 Å². The van der Waals surface area contributed by atoms with Gasteiger partial charge in [-0.2, -0.15) is 0 Å². The van der Waals surface area contributed by atoms with Crippen LogP contribution in [0.3, 0.4) is 0 Å². The Balaban J connectivity index is 2.18. The van der Waals surface area contributed by atoms with Crippen LogP contribution < -0.4 is 10.6 Å². The Morgan fingerprint density at radius 1 is 1.24 bits per heavy atom. The van der Waals surface area contributed by atoms with Crippen molar-refractivity contribution in [2.24, 2.45) is 10.9 Å². The minimum absolute atomic E-state index is 0.230. The second-order valence-electron chi connectivity index (χ2n) is 4.87. The van der Waals surface area contributed by atoms with Crippen molar-refractivity contribution in [2.45, 2.75) is 19.9 Å². The number of anilines is 1. The van der Waals surface area contributed by atoms with E-state index in [0.717, 1.165) is 16.9 Å². The van der Waals surface area contributed by atoms with E-state index < -0.39 is 0 Å². The van der Waals surface area contributed by atoms with Crippen LogP contribution in [0.15, 0.2) is 53.8 Å². The molecule has 1 heterocycles. The van der Waals surface area contributed by atoms with Crippen molar-refractivity contribution in [1.29, 1.82) is 0 Å². The summed E-state index contributed by atoms with van der Waals surface area (Å²) in [6, 6.07) is 14.1. The van der Waals surface area contributed by atoms with Crippen molar-refractivity contribution in [3.8, 4) is 0 Å². The van der Waals surface area contributed by atoms with E-state index in [4.69, 9.17) is 10.9 Å². The maximum atomic E-state index is 8.68. The quantitative estimate of drug-likeness (QED) is 0.370. The number of nitrogens with two attached hydrogens (primary N) is 1. The zero-order valence-electron chi connectivity index (χ0n) is 12.1. The molecule has 0 amide bonds. The van der Waals surface area contributed by atoms with Crippen LogP contribution in [0.2, 0.25) is 0 Å². The number of para-hydroxylation sites is 1. The summed E-state index contributed by atoms with van der Waals surface area (Å²) < 4.78 is 0. The number of benzene rings is 1. The third-order valence-corrected chi connectivity index (χ3v) is 3.35. The number of amidine groups is 1. The highest BCUT2D eigenvalue weighted by Gasteiger charge is 2.10.